The zero-order valence-electron chi connectivity index (χ0n) is 15.4. The van der Waals surface area contributed by atoms with Crippen LogP contribution >= 0.6 is 0 Å². The van der Waals surface area contributed by atoms with Crippen LogP contribution in [0.1, 0.15) is 41.4 Å². The molecule has 1 unspecified atom stereocenters. The third-order valence-electron chi connectivity index (χ3n) is 3.92. The third kappa shape index (κ3) is 4.44. The van der Waals surface area contributed by atoms with Gasteiger partial charge >= 0.3 is 0 Å². The van der Waals surface area contributed by atoms with Gasteiger partial charge in [0.15, 0.2) is 11.5 Å². The van der Waals surface area contributed by atoms with Gasteiger partial charge in [-0.25, -0.2) is 0 Å². The fraction of sp³-hybridized carbons (Fsp3) is 0.350. The summed E-state index contributed by atoms with van der Waals surface area (Å²) in [5, 5.41) is 3.00. The maximum absolute atomic E-state index is 12.6. The lowest BCUT2D eigenvalue weighted by Gasteiger charge is -2.18. The molecule has 0 aliphatic rings. The molecular formula is C20H25NO4. The van der Waals surface area contributed by atoms with E-state index >= 15 is 0 Å². The van der Waals surface area contributed by atoms with Gasteiger partial charge in [-0.15, -0.1) is 0 Å². The first-order valence-corrected chi connectivity index (χ1v) is 8.26. The van der Waals surface area contributed by atoms with Crippen molar-refractivity contribution in [2.45, 2.75) is 26.8 Å². The predicted octanol–water partition coefficient (Wildman–Crippen LogP) is 3.90. The number of amides is 1. The highest BCUT2D eigenvalue weighted by molar-refractivity contribution is 5.95. The van der Waals surface area contributed by atoms with E-state index in [1.807, 2.05) is 39.0 Å². The van der Waals surface area contributed by atoms with Crippen molar-refractivity contribution in [3.63, 3.8) is 0 Å². The SMILES string of the molecule is CCOc1ccc(C(=O)NC(C)c2cc(C)ccc2OC)cc1OC. The Bertz CT molecular complexity index is 742. The van der Waals surface area contributed by atoms with Crippen LogP contribution in [0.2, 0.25) is 0 Å². The second-order valence-corrected chi connectivity index (χ2v) is 5.74. The lowest BCUT2D eigenvalue weighted by molar-refractivity contribution is 0.0939. The molecule has 5 heteroatoms. The minimum Gasteiger partial charge on any atom is -0.496 e. The molecule has 0 aromatic heterocycles. The number of nitrogens with one attached hydrogen (secondary N) is 1. The van der Waals surface area contributed by atoms with Crippen LogP contribution in [-0.4, -0.2) is 26.7 Å². The van der Waals surface area contributed by atoms with Gasteiger partial charge in [-0.05, 0) is 45.0 Å². The first kappa shape index (κ1) is 18.6. The summed E-state index contributed by atoms with van der Waals surface area (Å²) >= 11 is 0. The standard InChI is InChI=1S/C20H25NO4/c1-6-25-18-10-8-15(12-19(18)24-5)20(22)21-14(3)16-11-13(2)7-9-17(16)23-4/h7-12,14H,6H2,1-5H3,(H,21,22). The Morgan fingerprint density at radius 1 is 1.04 bits per heavy atom. The van der Waals surface area contributed by atoms with Crippen molar-refractivity contribution in [2.24, 2.45) is 0 Å². The molecule has 134 valence electrons. The van der Waals surface area contributed by atoms with Gasteiger partial charge in [0.05, 0.1) is 26.9 Å². The van der Waals surface area contributed by atoms with Crippen LogP contribution in [-0.2, 0) is 0 Å². The molecule has 2 aromatic rings. The Morgan fingerprint density at radius 2 is 1.72 bits per heavy atom. The second kappa shape index (κ2) is 8.42. The fourth-order valence-corrected chi connectivity index (χ4v) is 2.63. The highest BCUT2D eigenvalue weighted by atomic mass is 16.5. The molecule has 0 bridgehead atoms. The molecule has 1 amide bonds. The third-order valence-corrected chi connectivity index (χ3v) is 3.92. The minimum absolute atomic E-state index is 0.183. The summed E-state index contributed by atoms with van der Waals surface area (Å²) in [5.74, 6) is 1.73. The zero-order valence-corrected chi connectivity index (χ0v) is 15.4. The average Bonchev–Trinajstić information content (AvgIpc) is 2.62. The molecule has 0 radical (unpaired) electrons. The van der Waals surface area contributed by atoms with Gasteiger partial charge in [-0.3, -0.25) is 4.79 Å². The van der Waals surface area contributed by atoms with Crippen molar-refractivity contribution >= 4 is 5.91 Å². The number of benzene rings is 2. The Balaban J connectivity index is 2.20. The molecule has 0 fully saturated rings. The van der Waals surface area contributed by atoms with E-state index in [1.54, 1.807) is 32.4 Å². The highest BCUT2D eigenvalue weighted by Crippen LogP contribution is 2.29. The van der Waals surface area contributed by atoms with E-state index in [-0.39, 0.29) is 11.9 Å². The Kier molecular flexibility index (Phi) is 6.28. The average molecular weight is 343 g/mol. The number of hydrogen-bond donors (Lipinski definition) is 1. The molecule has 0 aliphatic heterocycles. The lowest BCUT2D eigenvalue weighted by atomic mass is 10.0. The number of carbonyl (C=O) groups excluding carboxylic acids is 1. The number of methoxy groups -OCH3 is 2. The van der Waals surface area contributed by atoms with Gasteiger partial charge < -0.3 is 19.5 Å². The zero-order chi connectivity index (χ0) is 18.4. The van der Waals surface area contributed by atoms with Crippen molar-refractivity contribution < 1.29 is 19.0 Å². The van der Waals surface area contributed by atoms with Gasteiger partial charge in [0.1, 0.15) is 5.75 Å². The highest BCUT2D eigenvalue weighted by Gasteiger charge is 2.17. The molecule has 0 saturated carbocycles. The van der Waals surface area contributed by atoms with E-state index in [9.17, 15) is 4.79 Å². The Morgan fingerprint density at radius 3 is 2.36 bits per heavy atom. The predicted molar refractivity (Wildman–Crippen MR) is 97.8 cm³/mol. The summed E-state index contributed by atoms with van der Waals surface area (Å²) in [7, 11) is 3.18. The number of hydrogen-bond acceptors (Lipinski definition) is 4. The van der Waals surface area contributed by atoms with Gasteiger partial charge in [0, 0.05) is 11.1 Å². The Labute approximate surface area is 148 Å². The summed E-state index contributed by atoms with van der Waals surface area (Å²) in [5.41, 5.74) is 2.56. The van der Waals surface area contributed by atoms with Crippen LogP contribution in [0.4, 0.5) is 0 Å². The summed E-state index contributed by atoms with van der Waals surface area (Å²) in [6.45, 7) is 6.37. The van der Waals surface area contributed by atoms with Crippen molar-refractivity contribution in [2.75, 3.05) is 20.8 Å². The lowest BCUT2D eigenvalue weighted by Crippen LogP contribution is -2.27. The van der Waals surface area contributed by atoms with Crippen molar-refractivity contribution in [3.8, 4) is 17.2 Å². The molecule has 0 spiro atoms. The molecule has 0 heterocycles. The molecular weight excluding hydrogens is 318 g/mol. The maximum Gasteiger partial charge on any atom is 0.251 e. The number of rotatable bonds is 7. The van der Waals surface area contributed by atoms with Crippen molar-refractivity contribution in [1.29, 1.82) is 0 Å². The van der Waals surface area contributed by atoms with E-state index in [4.69, 9.17) is 14.2 Å². The van der Waals surface area contributed by atoms with Crippen LogP contribution in [0.15, 0.2) is 36.4 Å². The molecule has 0 saturated heterocycles. The van der Waals surface area contributed by atoms with E-state index in [1.165, 1.54) is 0 Å². The topological polar surface area (TPSA) is 56.8 Å². The van der Waals surface area contributed by atoms with Crippen LogP contribution < -0.4 is 19.5 Å². The smallest absolute Gasteiger partial charge is 0.251 e. The minimum atomic E-state index is -0.195. The van der Waals surface area contributed by atoms with Crippen LogP contribution in [0.25, 0.3) is 0 Å². The molecule has 5 nitrogen and oxygen atoms in total. The summed E-state index contributed by atoms with van der Waals surface area (Å²) in [6, 6.07) is 10.9. The monoisotopic (exact) mass is 343 g/mol. The normalized spacial score (nSPS) is 11.6. The first-order chi connectivity index (χ1) is 12.0. The number of ether oxygens (including phenoxy) is 3. The van der Waals surface area contributed by atoms with E-state index < -0.39 is 0 Å². The molecule has 1 N–H and O–H groups in total. The molecule has 25 heavy (non-hydrogen) atoms. The summed E-state index contributed by atoms with van der Waals surface area (Å²) in [4.78, 5) is 12.6. The molecule has 2 aromatic carbocycles. The van der Waals surface area contributed by atoms with Crippen molar-refractivity contribution in [1.82, 2.24) is 5.32 Å². The fourth-order valence-electron chi connectivity index (χ4n) is 2.63. The summed E-state index contributed by atoms with van der Waals surface area (Å²) in [6.07, 6.45) is 0. The van der Waals surface area contributed by atoms with Crippen LogP contribution in [0.3, 0.4) is 0 Å². The van der Waals surface area contributed by atoms with Gasteiger partial charge in [-0.2, -0.15) is 0 Å². The van der Waals surface area contributed by atoms with Gasteiger partial charge in [0.2, 0.25) is 0 Å². The van der Waals surface area contributed by atoms with Crippen molar-refractivity contribution in [3.05, 3.63) is 53.1 Å². The second-order valence-electron chi connectivity index (χ2n) is 5.74. The molecule has 0 aliphatic carbocycles. The Hall–Kier alpha value is -2.69. The number of carbonyl (C=O) groups is 1. The van der Waals surface area contributed by atoms with Crippen LogP contribution in [0.5, 0.6) is 17.2 Å². The number of aryl methyl sites for hydroxylation is 1. The van der Waals surface area contributed by atoms with Gasteiger partial charge in [0.25, 0.3) is 5.91 Å². The van der Waals surface area contributed by atoms with E-state index in [2.05, 4.69) is 5.32 Å². The summed E-state index contributed by atoms with van der Waals surface area (Å²) < 4.78 is 16.2. The van der Waals surface area contributed by atoms with E-state index in [0.29, 0.717) is 23.7 Å². The largest absolute Gasteiger partial charge is 0.496 e. The van der Waals surface area contributed by atoms with Gasteiger partial charge in [-0.1, -0.05) is 17.7 Å². The maximum atomic E-state index is 12.6. The first-order valence-electron chi connectivity index (χ1n) is 8.26. The quantitative estimate of drug-likeness (QED) is 0.828. The molecule has 1 atom stereocenters. The van der Waals surface area contributed by atoms with Crippen LogP contribution in [0, 0.1) is 6.92 Å². The van der Waals surface area contributed by atoms with E-state index in [0.717, 1.165) is 16.9 Å². The molecule has 2 rings (SSSR count).